The lowest BCUT2D eigenvalue weighted by atomic mass is 9.92. The minimum absolute atomic E-state index is 0.189. The number of piperidine rings is 1. The Morgan fingerprint density at radius 2 is 2.00 bits per heavy atom. The number of nitrogens with one attached hydrogen (secondary N) is 2. The van der Waals surface area contributed by atoms with Gasteiger partial charge in [0.25, 0.3) is 0 Å². The summed E-state index contributed by atoms with van der Waals surface area (Å²) in [6, 6.07) is 0.991. The van der Waals surface area contributed by atoms with E-state index in [9.17, 15) is 4.79 Å². The van der Waals surface area contributed by atoms with E-state index in [2.05, 4.69) is 31.4 Å². The Kier molecular flexibility index (Phi) is 4.66. The van der Waals surface area contributed by atoms with Crippen LogP contribution >= 0.6 is 0 Å². The molecule has 2 fully saturated rings. The van der Waals surface area contributed by atoms with Gasteiger partial charge in [0.05, 0.1) is 5.92 Å². The summed E-state index contributed by atoms with van der Waals surface area (Å²) < 4.78 is 0. The van der Waals surface area contributed by atoms with Crippen LogP contribution in [0.25, 0.3) is 0 Å². The van der Waals surface area contributed by atoms with Crippen LogP contribution in [0, 0.1) is 17.8 Å². The van der Waals surface area contributed by atoms with Crippen LogP contribution < -0.4 is 10.6 Å². The highest BCUT2D eigenvalue weighted by Gasteiger charge is 2.34. The fourth-order valence-electron chi connectivity index (χ4n) is 3.55. The molecule has 0 aromatic rings. The van der Waals surface area contributed by atoms with Crippen LogP contribution in [0.4, 0.5) is 0 Å². The highest BCUT2D eigenvalue weighted by atomic mass is 16.2. The molecule has 3 nitrogen and oxygen atoms in total. The number of amides is 1. The van der Waals surface area contributed by atoms with E-state index in [4.69, 9.17) is 0 Å². The van der Waals surface area contributed by atoms with Crippen LogP contribution in [0.3, 0.4) is 0 Å². The van der Waals surface area contributed by atoms with E-state index >= 15 is 0 Å². The molecule has 1 amide bonds. The maximum absolute atomic E-state index is 12.3. The maximum atomic E-state index is 12.3. The molecule has 0 spiro atoms. The Morgan fingerprint density at radius 3 is 2.56 bits per heavy atom. The molecular weight excluding hydrogens is 224 g/mol. The lowest BCUT2D eigenvalue weighted by Gasteiger charge is -2.29. The molecule has 1 heterocycles. The van der Waals surface area contributed by atoms with Gasteiger partial charge in [-0.25, -0.2) is 0 Å². The van der Waals surface area contributed by atoms with Gasteiger partial charge in [-0.2, -0.15) is 0 Å². The van der Waals surface area contributed by atoms with E-state index in [1.807, 2.05) is 0 Å². The smallest absolute Gasteiger partial charge is 0.224 e. The van der Waals surface area contributed by atoms with Gasteiger partial charge in [0, 0.05) is 18.6 Å². The third-order valence-electron chi connectivity index (χ3n) is 5.11. The second-order valence-corrected chi connectivity index (χ2v) is 6.30. The highest BCUT2D eigenvalue weighted by Crippen LogP contribution is 2.34. The van der Waals surface area contributed by atoms with Gasteiger partial charge in [-0.3, -0.25) is 4.79 Å². The van der Waals surface area contributed by atoms with Gasteiger partial charge < -0.3 is 10.6 Å². The first-order valence-corrected chi connectivity index (χ1v) is 7.65. The second-order valence-electron chi connectivity index (χ2n) is 6.30. The Morgan fingerprint density at radius 1 is 1.22 bits per heavy atom. The van der Waals surface area contributed by atoms with Crippen molar-refractivity contribution in [3.05, 3.63) is 0 Å². The number of rotatable bonds is 3. The zero-order chi connectivity index (χ0) is 13.1. The van der Waals surface area contributed by atoms with Crippen molar-refractivity contribution in [1.82, 2.24) is 10.6 Å². The number of carbonyl (C=O) groups excluding carboxylic acids is 1. The first-order valence-electron chi connectivity index (χ1n) is 7.65. The largest absolute Gasteiger partial charge is 0.353 e. The van der Waals surface area contributed by atoms with Crippen molar-refractivity contribution in [2.45, 2.75) is 65.0 Å². The Labute approximate surface area is 111 Å². The van der Waals surface area contributed by atoms with Gasteiger partial charge in [-0.15, -0.1) is 0 Å². The average Bonchev–Trinajstić information content (AvgIpc) is 2.71. The van der Waals surface area contributed by atoms with E-state index in [0.717, 1.165) is 25.3 Å². The normalized spacial score (nSPS) is 40.7. The van der Waals surface area contributed by atoms with E-state index in [1.54, 1.807) is 0 Å². The highest BCUT2D eigenvalue weighted by molar-refractivity contribution is 5.79. The summed E-state index contributed by atoms with van der Waals surface area (Å²) in [6.45, 7) is 7.61. The lowest BCUT2D eigenvalue weighted by Crippen LogP contribution is -2.47. The maximum Gasteiger partial charge on any atom is 0.224 e. The van der Waals surface area contributed by atoms with Crippen molar-refractivity contribution in [2.75, 3.05) is 6.54 Å². The third kappa shape index (κ3) is 3.05. The van der Waals surface area contributed by atoms with E-state index in [1.165, 1.54) is 19.3 Å². The van der Waals surface area contributed by atoms with Gasteiger partial charge in [0.15, 0.2) is 0 Å². The molecule has 104 valence electrons. The minimum Gasteiger partial charge on any atom is -0.353 e. The topological polar surface area (TPSA) is 41.1 Å². The molecule has 3 heteroatoms. The minimum atomic E-state index is 0.189. The van der Waals surface area contributed by atoms with Crippen LogP contribution in [-0.2, 0) is 4.79 Å². The summed E-state index contributed by atoms with van der Waals surface area (Å²) in [5.74, 6) is 1.92. The zero-order valence-electron chi connectivity index (χ0n) is 12.0. The molecule has 1 aliphatic carbocycles. The molecule has 5 unspecified atom stereocenters. The molecule has 5 atom stereocenters. The second kappa shape index (κ2) is 6.05. The molecule has 1 saturated carbocycles. The Hall–Kier alpha value is -0.570. The zero-order valence-corrected chi connectivity index (χ0v) is 12.0. The first-order chi connectivity index (χ1) is 8.61. The van der Waals surface area contributed by atoms with Crippen LogP contribution in [0.2, 0.25) is 0 Å². The standard InChI is InChI=1S/C15H28N2O/c1-4-12-7-8-14(11(12)3)17-15(18)13-6-5-10(2)16-9-13/h10-14,16H,4-9H2,1-3H3,(H,17,18). The molecule has 2 N–H and O–H groups in total. The predicted molar refractivity (Wildman–Crippen MR) is 74.3 cm³/mol. The van der Waals surface area contributed by atoms with Gasteiger partial charge in [0.1, 0.15) is 0 Å². The summed E-state index contributed by atoms with van der Waals surface area (Å²) in [5, 5.41) is 6.71. The molecule has 1 aliphatic heterocycles. The van der Waals surface area contributed by atoms with Gasteiger partial charge in [-0.05, 0) is 44.4 Å². The fraction of sp³-hybridized carbons (Fsp3) is 0.933. The van der Waals surface area contributed by atoms with Crippen LogP contribution in [0.15, 0.2) is 0 Å². The molecule has 1 saturated heterocycles. The molecule has 2 rings (SSSR count). The van der Waals surface area contributed by atoms with Crippen LogP contribution in [-0.4, -0.2) is 24.5 Å². The van der Waals surface area contributed by atoms with Crippen LogP contribution in [0.1, 0.15) is 52.9 Å². The molecule has 0 aromatic heterocycles. The van der Waals surface area contributed by atoms with Gasteiger partial charge in [0.2, 0.25) is 5.91 Å². The van der Waals surface area contributed by atoms with E-state index in [-0.39, 0.29) is 11.8 Å². The quantitative estimate of drug-likeness (QED) is 0.809. The molecule has 0 bridgehead atoms. The summed E-state index contributed by atoms with van der Waals surface area (Å²) in [4.78, 5) is 12.3. The van der Waals surface area contributed by atoms with Crippen molar-refractivity contribution < 1.29 is 4.79 Å². The predicted octanol–water partition coefficient (Wildman–Crippen LogP) is 2.32. The lowest BCUT2D eigenvalue weighted by molar-refractivity contribution is -0.126. The van der Waals surface area contributed by atoms with E-state index < -0.39 is 0 Å². The first kappa shape index (κ1) is 13.9. The van der Waals surface area contributed by atoms with Gasteiger partial charge >= 0.3 is 0 Å². The summed E-state index contributed by atoms with van der Waals surface area (Å²) in [5.41, 5.74) is 0. The number of carbonyl (C=O) groups is 1. The number of hydrogen-bond acceptors (Lipinski definition) is 2. The van der Waals surface area contributed by atoms with Crippen molar-refractivity contribution >= 4 is 5.91 Å². The fourth-order valence-corrected chi connectivity index (χ4v) is 3.55. The van der Waals surface area contributed by atoms with Crippen molar-refractivity contribution in [3.63, 3.8) is 0 Å². The number of hydrogen-bond donors (Lipinski definition) is 2. The summed E-state index contributed by atoms with van der Waals surface area (Å²) in [6.07, 6.45) is 5.86. The van der Waals surface area contributed by atoms with Crippen LogP contribution in [0.5, 0.6) is 0 Å². The molecule has 0 radical (unpaired) electrons. The molecule has 18 heavy (non-hydrogen) atoms. The average molecular weight is 252 g/mol. The van der Waals surface area contributed by atoms with Crippen molar-refractivity contribution in [2.24, 2.45) is 17.8 Å². The van der Waals surface area contributed by atoms with Gasteiger partial charge in [-0.1, -0.05) is 20.3 Å². The Balaban J connectivity index is 1.81. The van der Waals surface area contributed by atoms with Crippen molar-refractivity contribution in [1.29, 1.82) is 0 Å². The summed E-state index contributed by atoms with van der Waals surface area (Å²) >= 11 is 0. The molecule has 2 aliphatic rings. The SMILES string of the molecule is CCC1CCC(NC(=O)C2CCC(C)NC2)C1C. The monoisotopic (exact) mass is 252 g/mol. The van der Waals surface area contributed by atoms with E-state index in [0.29, 0.717) is 18.0 Å². The third-order valence-corrected chi connectivity index (χ3v) is 5.11. The molecule has 0 aromatic carbocycles. The molecular formula is C15H28N2O. The Bertz CT molecular complexity index is 284. The van der Waals surface area contributed by atoms with Crippen molar-refractivity contribution in [3.8, 4) is 0 Å². The summed E-state index contributed by atoms with van der Waals surface area (Å²) in [7, 11) is 0.